The van der Waals surface area contributed by atoms with Gasteiger partial charge in [0.05, 0.1) is 0 Å². The van der Waals surface area contributed by atoms with Crippen molar-refractivity contribution >= 4 is 19.9 Å². The van der Waals surface area contributed by atoms with Crippen LogP contribution in [0.4, 0.5) is 8.78 Å². The summed E-state index contributed by atoms with van der Waals surface area (Å²) in [5, 5.41) is 0.518. The highest BCUT2D eigenvalue weighted by molar-refractivity contribution is 6.73. The van der Waals surface area contributed by atoms with E-state index in [4.69, 9.17) is 16.0 Å². The molecule has 0 aromatic heterocycles. The molecule has 0 aliphatic rings. The summed E-state index contributed by atoms with van der Waals surface area (Å²) in [5.74, 6) is -3.11. The SMILES string of the molecule is C=CC(F)(F)C(O[Si](CC)(CC)CC)c1ccc(Cl)cc1. The second-order valence-corrected chi connectivity index (χ2v) is 10.3. The van der Waals surface area contributed by atoms with E-state index in [0.717, 1.165) is 18.1 Å². The molecule has 0 aliphatic heterocycles. The summed E-state index contributed by atoms with van der Waals surface area (Å²) in [6, 6.07) is 8.88. The molecule has 0 heterocycles. The fourth-order valence-corrected chi connectivity index (χ4v) is 5.28. The number of benzene rings is 1. The van der Waals surface area contributed by atoms with Gasteiger partial charge in [-0.15, -0.1) is 0 Å². The molecule has 5 heteroatoms. The highest BCUT2D eigenvalue weighted by Gasteiger charge is 2.43. The maximum atomic E-state index is 14.3. The minimum absolute atomic E-state index is 0.441. The minimum atomic E-state index is -3.11. The molecular formula is C16H23ClF2OSi. The fraction of sp³-hybridized carbons (Fsp3) is 0.500. The van der Waals surface area contributed by atoms with Gasteiger partial charge in [0.25, 0.3) is 5.92 Å². The van der Waals surface area contributed by atoms with Gasteiger partial charge in [-0.05, 0) is 41.9 Å². The Labute approximate surface area is 132 Å². The predicted molar refractivity (Wildman–Crippen MR) is 87.6 cm³/mol. The quantitative estimate of drug-likeness (QED) is 0.405. The number of halogens is 3. The highest BCUT2D eigenvalue weighted by Crippen LogP contribution is 2.40. The van der Waals surface area contributed by atoms with E-state index >= 15 is 0 Å². The van der Waals surface area contributed by atoms with Gasteiger partial charge in [0.15, 0.2) is 8.32 Å². The van der Waals surface area contributed by atoms with E-state index in [2.05, 4.69) is 6.58 Å². The summed E-state index contributed by atoms with van der Waals surface area (Å²) in [4.78, 5) is 0. The van der Waals surface area contributed by atoms with Gasteiger partial charge in [-0.25, -0.2) is 0 Å². The molecular weight excluding hydrogens is 310 g/mol. The van der Waals surface area contributed by atoms with Crippen molar-refractivity contribution in [2.75, 3.05) is 0 Å². The smallest absolute Gasteiger partial charge is 0.294 e. The van der Waals surface area contributed by atoms with Crippen molar-refractivity contribution in [2.45, 2.75) is 50.9 Å². The van der Waals surface area contributed by atoms with Gasteiger partial charge >= 0.3 is 0 Å². The average Bonchev–Trinajstić information content (AvgIpc) is 2.50. The van der Waals surface area contributed by atoms with E-state index in [1.54, 1.807) is 24.3 Å². The Morgan fingerprint density at radius 2 is 1.67 bits per heavy atom. The molecule has 0 radical (unpaired) electrons. The van der Waals surface area contributed by atoms with Gasteiger partial charge in [0.1, 0.15) is 6.10 Å². The van der Waals surface area contributed by atoms with Crippen molar-refractivity contribution < 1.29 is 13.2 Å². The Kier molecular flexibility index (Phi) is 6.57. The van der Waals surface area contributed by atoms with Gasteiger partial charge in [-0.3, -0.25) is 0 Å². The molecule has 0 aliphatic carbocycles. The second-order valence-electron chi connectivity index (χ2n) is 5.17. The van der Waals surface area contributed by atoms with E-state index in [1.807, 2.05) is 20.8 Å². The van der Waals surface area contributed by atoms with Crippen molar-refractivity contribution in [3.63, 3.8) is 0 Å². The molecule has 118 valence electrons. The average molecular weight is 333 g/mol. The van der Waals surface area contributed by atoms with E-state index in [9.17, 15) is 8.78 Å². The molecule has 0 N–H and O–H groups in total. The third-order valence-corrected chi connectivity index (χ3v) is 8.95. The lowest BCUT2D eigenvalue weighted by Gasteiger charge is -2.36. The fourth-order valence-electron chi connectivity index (χ4n) is 2.36. The molecule has 0 spiro atoms. The molecule has 21 heavy (non-hydrogen) atoms. The van der Waals surface area contributed by atoms with Crippen LogP contribution in [0.2, 0.25) is 23.2 Å². The topological polar surface area (TPSA) is 9.23 Å². The van der Waals surface area contributed by atoms with Gasteiger partial charge in [-0.2, -0.15) is 8.78 Å². The lowest BCUT2D eigenvalue weighted by molar-refractivity contribution is -0.0630. The first-order valence-corrected chi connectivity index (χ1v) is 10.2. The number of hydrogen-bond donors (Lipinski definition) is 0. The Morgan fingerprint density at radius 1 is 1.19 bits per heavy atom. The first-order chi connectivity index (χ1) is 9.84. The minimum Gasteiger partial charge on any atom is -0.404 e. The van der Waals surface area contributed by atoms with Crippen LogP contribution >= 0.6 is 11.6 Å². The van der Waals surface area contributed by atoms with Crippen molar-refractivity contribution in [3.05, 3.63) is 47.5 Å². The first-order valence-electron chi connectivity index (χ1n) is 7.28. The largest absolute Gasteiger partial charge is 0.404 e. The molecule has 0 saturated carbocycles. The third kappa shape index (κ3) is 4.38. The van der Waals surface area contributed by atoms with Gasteiger partial charge < -0.3 is 4.43 Å². The van der Waals surface area contributed by atoms with Crippen molar-refractivity contribution in [2.24, 2.45) is 0 Å². The molecule has 0 fully saturated rings. The van der Waals surface area contributed by atoms with Crippen molar-refractivity contribution in [1.82, 2.24) is 0 Å². The molecule has 1 unspecified atom stereocenters. The van der Waals surface area contributed by atoms with Crippen LogP contribution in [0.5, 0.6) is 0 Å². The van der Waals surface area contributed by atoms with Crippen LogP contribution in [0.3, 0.4) is 0 Å². The maximum absolute atomic E-state index is 14.3. The van der Waals surface area contributed by atoms with Crippen molar-refractivity contribution in [1.29, 1.82) is 0 Å². The van der Waals surface area contributed by atoms with Crippen LogP contribution < -0.4 is 0 Å². The normalized spacial score (nSPS) is 14.0. The first kappa shape index (κ1) is 18.3. The summed E-state index contributed by atoms with van der Waals surface area (Å²) in [6.45, 7) is 9.32. The number of alkyl halides is 2. The summed E-state index contributed by atoms with van der Waals surface area (Å²) >= 11 is 5.84. The number of hydrogen-bond acceptors (Lipinski definition) is 1. The molecule has 1 atom stereocenters. The molecule has 1 aromatic carbocycles. The maximum Gasteiger partial charge on any atom is 0.294 e. The molecule has 1 aromatic rings. The van der Waals surface area contributed by atoms with E-state index < -0.39 is 20.3 Å². The van der Waals surface area contributed by atoms with Crippen LogP contribution in [-0.4, -0.2) is 14.2 Å². The third-order valence-electron chi connectivity index (χ3n) is 4.10. The zero-order valence-corrected chi connectivity index (χ0v) is 14.6. The monoisotopic (exact) mass is 332 g/mol. The zero-order chi connectivity index (χ0) is 16.1. The van der Waals surface area contributed by atoms with Crippen LogP contribution in [0.1, 0.15) is 32.4 Å². The summed E-state index contributed by atoms with van der Waals surface area (Å²) < 4.78 is 34.6. The van der Waals surface area contributed by atoms with Crippen LogP contribution in [-0.2, 0) is 4.43 Å². The van der Waals surface area contributed by atoms with E-state index in [-0.39, 0.29) is 0 Å². The molecule has 1 rings (SSSR count). The summed E-state index contributed by atoms with van der Waals surface area (Å²) in [5.41, 5.74) is 0.441. The van der Waals surface area contributed by atoms with Crippen LogP contribution in [0, 0.1) is 0 Å². The molecule has 0 saturated heterocycles. The van der Waals surface area contributed by atoms with Crippen molar-refractivity contribution in [3.8, 4) is 0 Å². The molecule has 1 nitrogen and oxygen atoms in total. The Balaban J connectivity index is 3.20. The van der Waals surface area contributed by atoms with Gasteiger partial charge in [0.2, 0.25) is 0 Å². The number of rotatable bonds is 8. The molecule has 0 bridgehead atoms. The van der Waals surface area contributed by atoms with Gasteiger partial charge in [-0.1, -0.05) is 51.1 Å². The standard InChI is InChI=1S/C16H23ClF2OSi/c1-5-16(18,19)15(13-9-11-14(17)12-10-13)20-21(6-2,7-3)8-4/h5,9-12,15H,1,6-8H2,2-4H3. The summed E-state index contributed by atoms with van der Waals surface area (Å²) in [6.07, 6.45) is -0.620. The highest BCUT2D eigenvalue weighted by atomic mass is 35.5. The van der Waals surface area contributed by atoms with E-state index in [1.165, 1.54) is 0 Å². The second kappa shape index (κ2) is 7.52. The lowest BCUT2D eigenvalue weighted by Crippen LogP contribution is -2.41. The Bertz CT molecular complexity index is 450. The summed E-state index contributed by atoms with van der Waals surface area (Å²) in [7, 11) is -2.16. The Hall–Kier alpha value is -0.713. The Morgan fingerprint density at radius 3 is 2.05 bits per heavy atom. The van der Waals surface area contributed by atoms with Crippen LogP contribution in [0.15, 0.2) is 36.9 Å². The van der Waals surface area contributed by atoms with E-state index in [0.29, 0.717) is 16.7 Å². The van der Waals surface area contributed by atoms with Gasteiger partial charge in [0, 0.05) is 5.02 Å². The van der Waals surface area contributed by atoms with Crippen LogP contribution in [0.25, 0.3) is 0 Å². The lowest BCUT2D eigenvalue weighted by atomic mass is 10.0. The molecule has 0 amide bonds. The predicted octanol–water partition coefficient (Wildman–Crippen LogP) is 6.22. The zero-order valence-electron chi connectivity index (χ0n) is 12.8.